The molecule has 5 aliphatic rings. The van der Waals surface area contributed by atoms with Gasteiger partial charge in [-0.1, -0.05) is 218 Å². The monoisotopic (exact) mass is 812 g/mol. The predicted molar refractivity (Wildman–Crippen MR) is 250 cm³/mol. The summed E-state index contributed by atoms with van der Waals surface area (Å²) in [6.45, 7) is 6.77. The fourth-order valence-electron chi connectivity index (χ4n) is 8.93. The summed E-state index contributed by atoms with van der Waals surface area (Å²) in [6, 6.07) is 16.0. The smallest absolute Gasteiger partial charge is 0.174 e. The molecule has 4 aliphatic carbocycles. The normalized spacial score (nSPS) is 20.6. The van der Waals surface area contributed by atoms with E-state index in [1.54, 1.807) is 0 Å². The molecule has 0 aromatic heterocycles. The van der Waals surface area contributed by atoms with Crippen molar-refractivity contribution < 1.29 is 9.59 Å². The van der Waals surface area contributed by atoms with Crippen LogP contribution in [-0.2, 0) is 0 Å². The highest BCUT2D eigenvalue weighted by Crippen LogP contribution is 2.56. The minimum atomic E-state index is -0.390. The van der Waals surface area contributed by atoms with Crippen LogP contribution in [0.4, 0.5) is 0 Å². The van der Waals surface area contributed by atoms with Crippen LogP contribution in [0.2, 0.25) is 0 Å². The Bertz CT molecular complexity index is 2080. The highest BCUT2D eigenvalue weighted by molar-refractivity contribution is 8.35. The van der Waals surface area contributed by atoms with E-state index in [4.69, 9.17) is 0 Å². The molecule has 0 fully saturated rings. The van der Waals surface area contributed by atoms with Crippen molar-refractivity contribution in [1.82, 2.24) is 0 Å². The molecule has 2 unspecified atom stereocenters. The molecule has 0 bridgehead atoms. The van der Waals surface area contributed by atoms with Gasteiger partial charge in [0.2, 0.25) is 0 Å². The van der Waals surface area contributed by atoms with Crippen LogP contribution in [-0.4, -0.2) is 17.3 Å². The zero-order chi connectivity index (χ0) is 39.6. The van der Waals surface area contributed by atoms with Crippen LogP contribution < -0.4 is 0 Å². The summed E-state index contributed by atoms with van der Waals surface area (Å²) in [5, 5.41) is 0. The topological polar surface area (TPSA) is 34.1 Å². The zero-order valence-electron chi connectivity index (χ0n) is 34.4. The lowest BCUT2D eigenvalue weighted by Gasteiger charge is -2.35. The third-order valence-corrected chi connectivity index (χ3v) is 16.6. The van der Waals surface area contributed by atoms with Gasteiger partial charge in [0, 0.05) is 16.0 Å². The second-order valence-corrected chi connectivity index (χ2v) is 20.1. The van der Waals surface area contributed by atoms with E-state index in [-0.39, 0.29) is 23.4 Å². The molecule has 0 amide bonds. The van der Waals surface area contributed by atoms with Crippen molar-refractivity contribution in [3.05, 3.63) is 149 Å². The number of hydrogen-bond donors (Lipinski definition) is 0. The largest absolute Gasteiger partial charge is 0.293 e. The average Bonchev–Trinajstić information content (AvgIpc) is 3.62. The van der Waals surface area contributed by atoms with Crippen molar-refractivity contribution in [2.45, 2.75) is 124 Å². The molecule has 0 spiro atoms. The van der Waals surface area contributed by atoms with Gasteiger partial charge in [0.25, 0.3) is 0 Å². The number of hydrogen-bond acceptors (Lipinski definition) is 5. The van der Waals surface area contributed by atoms with Crippen molar-refractivity contribution in [2.75, 3.05) is 5.75 Å². The Hall–Kier alpha value is -3.25. The van der Waals surface area contributed by atoms with E-state index in [0.29, 0.717) is 0 Å². The van der Waals surface area contributed by atoms with Crippen LogP contribution in [0.3, 0.4) is 0 Å². The van der Waals surface area contributed by atoms with Crippen LogP contribution in [0.15, 0.2) is 127 Å². The molecule has 0 saturated carbocycles. The van der Waals surface area contributed by atoms with Gasteiger partial charge < -0.3 is 0 Å². The molecule has 2 aromatic carbocycles. The number of thioether (sulfide) groups is 3. The Morgan fingerprint density at radius 3 is 1.68 bits per heavy atom. The SMILES string of the molecule is CCCCCCCCCCCCCCCCCCSC1=C(C)S/C(=C(/C)C2=CC3C(=O)c4ccccc4C(C4=C5C=CC=CC5C(=O)c5ccccc54)=C3C=C2)S1. The molecule has 298 valence electrons. The number of carbonyl (C=O) groups is 2. The van der Waals surface area contributed by atoms with Gasteiger partial charge in [0.15, 0.2) is 11.6 Å². The molecular weight excluding hydrogens is 753 g/mol. The third kappa shape index (κ3) is 9.80. The fourth-order valence-corrected chi connectivity index (χ4v) is 13.1. The van der Waals surface area contributed by atoms with E-state index in [1.165, 1.54) is 127 Å². The lowest BCUT2D eigenvalue weighted by molar-refractivity contribution is 0.0950. The van der Waals surface area contributed by atoms with Crippen molar-refractivity contribution in [2.24, 2.45) is 11.8 Å². The lowest BCUT2D eigenvalue weighted by Crippen LogP contribution is -2.27. The van der Waals surface area contributed by atoms with E-state index in [1.807, 2.05) is 89.9 Å². The van der Waals surface area contributed by atoms with Crippen molar-refractivity contribution in [3.63, 3.8) is 0 Å². The van der Waals surface area contributed by atoms with Crippen LogP contribution in [0, 0.1) is 11.8 Å². The number of Topliss-reactive ketones (excluding diaryl/α,β-unsaturated/α-hetero) is 2. The molecule has 1 aliphatic heterocycles. The molecule has 2 nitrogen and oxygen atoms in total. The molecule has 5 heteroatoms. The molecule has 2 aromatic rings. The molecule has 2 atom stereocenters. The first kappa shape index (κ1) is 41.9. The van der Waals surface area contributed by atoms with Gasteiger partial charge in [-0.25, -0.2) is 0 Å². The van der Waals surface area contributed by atoms with Gasteiger partial charge in [-0.15, -0.1) is 11.8 Å². The van der Waals surface area contributed by atoms with E-state index in [9.17, 15) is 9.59 Å². The Morgan fingerprint density at radius 2 is 1.11 bits per heavy atom. The number of allylic oxidation sites excluding steroid dienone is 14. The number of rotatable bonds is 20. The second-order valence-electron chi connectivity index (χ2n) is 16.2. The maximum atomic E-state index is 14.3. The van der Waals surface area contributed by atoms with Gasteiger partial charge >= 0.3 is 0 Å². The number of ketones is 2. The maximum Gasteiger partial charge on any atom is 0.174 e. The Morgan fingerprint density at radius 1 is 0.596 bits per heavy atom. The predicted octanol–water partition coefficient (Wildman–Crippen LogP) is 16.0. The highest BCUT2D eigenvalue weighted by Gasteiger charge is 2.40. The molecule has 0 radical (unpaired) electrons. The fraction of sp³-hybridized carbons (Fsp3) is 0.423. The van der Waals surface area contributed by atoms with Gasteiger partial charge in [0.05, 0.1) is 20.3 Å². The first-order valence-electron chi connectivity index (χ1n) is 21.9. The Kier molecular flexibility index (Phi) is 15.2. The number of carbonyl (C=O) groups excluding carboxylic acids is 2. The summed E-state index contributed by atoms with van der Waals surface area (Å²) >= 11 is 5.83. The van der Waals surface area contributed by atoms with Crippen LogP contribution in [0.1, 0.15) is 155 Å². The number of fused-ring (bicyclic) bond motifs is 4. The third-order valence-electron chi connectivity index (χ3n) is 12.2. The molecule has 0 N–H and O–H groups in total. The van der Waals surface area contributed by atoms with Crippen molar-refractivity contribution in [3.8, 4) is 0 Å². The van der Waals surface area contributed by atoms with Gasteiger partial charge in [-0.3, -0.25) is 9.59 Å². The van der Waals surface area contributed by atoms with E-state index >= 15 is 0 Å². The summed E-state index contributed by atoms with van der Waals surface area (Å²) in [5.41, 5.74) is 9.93. The first-order valence-corrected chi connectivity index (χ1v) is 24.5. The Balaban J connectivity index is 0.950. The van der Waals surface area contributed by atoms with Crippen molar-refractivity contribution in [1.29, 1.82) is 0 Å². The van der Waals surface area contributed by atoms with Gasteiger partial charge in [0.1, 0.15) is 0 Å². The first-order chi connectivity index (χ1) is 28.0. The maximum absolute atomic E-state index is 14.3. The average molecular weight is 813 g/mol. The number of benzene rings is 2. The summed E-state index contributed by atoms with van der Waals surface area (Å²) in [5.74, 6) is 0.735. The summed E-state index contributed by atoms with van der Waals surface area (Å²) in [4.78, 5) is 29.5. The van der Waals surface area contributed by atoms with E-state index in [0.717, 1.165) is 50.1 Å². The van der Waals surface area contributed by atoms with E-state index < -0.39 is 0 Å². The van der Waals surface area contributed by atoms with Gasteiger partial charge in [-0.2, -0.15) is 0 Å². The van der Waals surface area contributed by atoms with E-state index in [2.05, 4.69) is 57.2 Å². The molecule has 7 rings (SSSR count). The standard InChI is InChI=1S/C52H60O2S3/c1-4-5-6-7-8-9-10-11-12-13-14-15-16-17-18-25-34-55-52-37(3)56-51(57-52)36(2)38-32-33-42-46(35-38)50(54)45-31-24-21-28-41(45)48(42)47-39-26-19-22-29-43(39)49(53)44-30-23-20-27-40(44)47/h19-24,26-33,35,43,46H,4-18,25,34H2,1-3H3/b51-36+. The molecule has 1 heterocycles. The molecule has 0 saturated heterocycles. The lowest BCUT2D eigenvalue weighted by atomic mass is 9.67. The summed E-state index contributed by atoms with van der Waals surface area (Å²) in [7, 11) is 0. The second kappa shape index (κ2) is 20.6. The minimum absolute atomic E-state index is 0.133. The summed E-state index contributed by atoms with van der Waals surface area (Å²) in [6.07, 6.45) is 37.2. The van der Waals surface area contributed by atoms with Crippen LogP contribution in [0.25, 0.3) is 11.1 Å². The number of unbranched alkanes of at least 4 members (excludes halogenated alkanes) is 15. The minimum Gasteiger partial charge on any atom is -0.293 e. The van der Waals surface area contributed by atoms with Gasteiger partial charge in [-0.05, 0) is 70.6 Å². The van der Waals surface area contributed by atoms with Crippen LogP contribution in [0.5, 0.6) is 0 Å². The molecule has 57 heavy (non-hydrogen) atoms. The molecular formula is C52H60O2S3. The Labute approximate surface area is 355 Å². The zero-order valence-corrected chi connectivity index (χ0v) is 36.8. The van der Waals surface area contributed by atoms with Crippen molar-refractivity contribution >= 4 is 58.0 Å². The summed E-state index contributed by atoms with van der Waals surface area (Å²) < 4.78 is 2.75. The highest BCUT2D eigenvalue weighted by atomic mass is 32.2. The quantitative estimate of drug-likeness (QED) is 0.124. The van der Waals surface area contributed by atoms with Crippen LogP contribution >= 0.6 is 35.3 Å².